The maximum Gasteiger partial charge on any atom is 0.283 e. The molecule has 0 bridgehead atoms. The third-order valence-corrected chi connectivity index (χ3v) is 5.86. The third kappa shape index (κ3) is 3.49. The van der Waals surface area contributed by atoms with Crippen LogP contribution >= 0.6 is 23.3 Å². The van der Waals surface area contributed by atoms with Crippen molar-refractivity contribution in [3.05, 3.63) is 81.4 Å². The van der Waals surface area contributed by atoms with Crippen LogP contribution in [0.5, 0.6) is 0 Å². The number of benzene rings is 1. The summed E-state index contributed by atoms with van der Waals surface area (Å²) in [6.45, 7) is 0. The highest BCUT2D eigenvalue weighted by molar-refractivity contribution is 7.98. The first-order valence-electron chi connectivity index (χ1n) is 8.22. The second-order valence-electron chi connectivity index (χ2n) is 5.94. The molecule has 0 fully saturated rings. The highest BCUT2D eigenvalue weighted by atomic mass is 32.2. The van der Waals surface area contributed by atoms with Crippen molar-refractivity contribution in [3.8, 4) is 0 Å². The van der Waals surface area contributed by atoms with E-state index in [1.807, 2.05) is 30.3 Å². The Morgan fingerprint density at radius 1 is 1.21 bits per heavy atom. The molecule has 0 spiro atoms. The molecule has 0 unspecified atom stereocenters. The molecule has 0 saturated heterocycles. The fourth-order valence-electron chi connectivity index (χ4n) is 2.64. The number of nitrogens with two attached hydrogens (primary N) is 1. The van der Waals surface area contributed by atoms with Crippen molar-refractivity contribution < 1.29 is 9.90 Å². The predicted octanol–water partition coefficient (Wildman–Crippen LogP) is 2.99. The number of anilines is 1. The van der Waals surface area contributed by atoms with Crippen molar-refractivity contribution in [2.45, 2.75) is 10.9 Å². The molecule has 28 heavy (non-hydrogen) atoms. The van der Waals surface area contributed by atoms with Crippen molar-refractivity contribution >= 4 is 45.9 Å². The van der Waals surface area contributed by atoms with Crippen LogP contribution in [0, 0.1) is 0 Å². The van der Waals surface area contributed by atoms with E-state index in [0.29, 0.717) is 21.4 Å². The van der Waals surface area contributed by atoms with E-state index in [1.54, 1.807) is 4.40 Å². The molecule has 1 aromatic carbocycles. The second-order valence-corrected chi connectivity index (χ2v) is 7.62. The average Bonchev–Trinajstić information content (AvgIpc) is 3.10. The summed E-state index contributed by atoms with van der Waals surface area (Å²) >= 11 is 2.60. The molecule has 0 atom stereocenters. The molecule has 0 radical (unpaired) electrons. The Morgan fingerprint density at radius 2 is 2.00 bits per heavy atom. The molecule has 7 nitrogen and oxygen atoms in total. The summed E-state index contributed by atoms with van der Waals surface area (Å²) in [6, 6.07) is 9.94. The van der Waals surface area contributed by atoms with Crippen LogP contribution in [0.1, 0.15) is 11.1 Å². The van der Waals surface area contributed by atoms with Gasteiger partial charge in [-0.2, -0.15) is 9.36 Å². The number of hydrogen-bond donors (Lipinski definition) is 2. The van der Waals surface area contributed by atoms with Crippen molar-refractivity contribution in [2.75, 3.05) is 5.73 Å². The molecule has 0 amide bonds. The second kappa shape index (κ2) is 7.45. The lowest BCUT2D eigenvalue weighted by atomic mass is 10.1. The van der Waals surface area contributed by atoms with Crippen LogP contribution in [-0.4, -0.2) is 24.6 Å². The number of fused-ring (bicyclic) bond motifs is 1. The Morgan fingerprint density at radius 3 is 2.75 bits per heavy atom. The maximum atomic E-state index is 12.4. The highest BCUT2D eigenvalue weighted by Gasteiger charge is 2.16. The monoisotopic (exact) mass is 410 g/mol. The number of aliphatic hydroxyl groups is 1. The standard InChI is InChI=1S/C19H14N4O3S2/c20-16-13(8-12-6-7-14(24)15(25)9-12)17(26)21-18-23(16)19(22-28-18)27-10-11-4-2-1-3-5-11/h1-9,25H,10,20H2/b12-8-. The number of thioether (sulfide) groups is 1. The Balaban J connectivity index is 1.74. The van der Waals surface area contributed by atoms with E-state index in [9.17, 15) is 14.7 Å². The van der Waals surface area contributed by atoms with Crippen LogP contribution in [0.4, 0.5) is 5.82 Å². The van der Waals surface area contributed by atoms with Gasteiger partial charge in [-0.3, -0.25) is 9.59 Å². The fourth-order valence-corrected chi connectivity index (χ4v) is 4.45. The van der Waals surface area contributed by atoms with Crippen molar-refractivity contribution in [3.63, 3.8) is 0 Å². The van der Waals surface area contributed by atoms with Gasteiger partial charge in [0.15, 0.2) is 10.9 Å². The molecule has 9 heteroatoms. The van der Waals surface area contributed by atoms with Gasteiger partial charge in [-0.15, -0.1) is 0 Å². The molecule has 1 aliphatic carbocycles. The van der Waals surface area contributed by atoms with Gasteiger partial charge in [0, 0.05) is 17.3 Å². The van der Waals surface area contributed by atoms with E-state index in [2.05, 4.69) is 9.36 Å². The van der Waals surface area contributed by atoms with Crippen LogP contribution < -0.4 is 11.3 Å². The smallest absolute Gasteiger partial charge is 0.283 e. The van der Waals surface area contributed by atoms with Crippen molar-refractivity contribution in [2.24, 2.45) is 0 Å². The van der Waals surface area contributed by atoms with Crippen LogP contribution in [0.3, 0.4) is 0 Å². The molecule has 0 saturated carbocycles. The fraction of sp³-hybridized carbons (Fsp3) is 0.0526. The molecule has 2 aromatic heterocycles. The Kier molecular flexibility index (Phi) is 4.84. The number of rotatable bonds is 4. The van der Waals surface area contributed by atoms with Crippen LogP contribution in [-0.2, 0) is 10.5 Å². The first-order chi connectivity index (χ1) is 13.5. The summed E-state index contributed by atoms with van der Waals surface area (Å²) in [5.74, 6) is 0.0307. The van der Waals surface area contributed by atoms with Gasteiger partial charge in [0.25, 0.3) is 5.56 Å². The summed E-state index contributed by atoms with van der Waals surface area (Å²) in [5, 5.41) is 10.2. The van der Waals surface area contributed by atoms with E-state index >= 15 is 0 Å². The first-order valence-corrected chi connectivity index (χ1v) is 9.98. The van der Waals surface area contributed by atoms with Gasteiger partial charge in [-0.05, 0) is 29.4 Å². The maximum absolute atomic E-state index is 12.4. The van der Waals surface area contributed by atoms with Crippen molar-refractivity contribution in [1.29, 1.82) is 0 Å². The van der Waals surface area contributed by atoms with Crippen LogP contribution in [0.15, 0.2) is 69.8 Å². The minimum Gasteiger partial charge on any atom is -0.504 e. The number of allylic oxidation sites excluding steroid dienone is 4. The summed E-state index contributed by atoms with van der Waals surface area (Å²) < 4.78 is 6.02. The van der Waals surface area contributed by atoms with Gasteiger partial charge in [-0.1, -0.05) is 48.2 Å². The summed E-state index contributed by atoms with van der Waals surface area (Å²) in [4.78, 5) is 28.2. The molecule has 3 N–H and O–H groups in total. The number of nitrogen functional groups attached to an aromatic ring is 1. The predicted molar refractivity (Wildman–Crippen MR) is 110 cm³/mol. The summed E-state index contributed by atoms with van der Waals surface area (Å²) in [5.41, 5.74) is 7.57. The number of aromatic nitrogens is 3. The topological polar surface area (TPSA) is 111 Å². The molecular formula is C19H14N4O3S2. The van der Waals surface area contributed by atoms with Gasteiger partial charge in [0.05, 0.1) is 5.56 Å². The minimum absolute atomic E-state index is 0.178. The van der Waals surface area contributed by atoms with E-state index < -0.39 is 17.1 Å². The first kappa shape index (κ1) is 18.2. The average molecular weight is 410 g/mol. The van der Waals surface area contributed by atoms with Gasteiger partial charge in [0.1, 0.15) is 5.82 Å². The van der Waals surface area contributed by atoms with E-state index in [-0.39, 0.29) is 11.4 Å². The van der Waals surface area contributed by atoms with Crippen LogP contribution in [0.25, 0.3) is 11.0 Å². The van der Waals surface area contributed by atoms with E-state index in [0.717, 1.165) is 17.1 Å². The minimum atomic E-state index is -0.494. The lowest BCUT2D eigenvalue weighted by Gasteiger charge is -2.07. The molecular weight excluding hydrogens is 396 g/mol. The molecule has 2 heterocycles. The van der Waals surface area contributed by atoms with E-state index in [4.69, 9.17) is 5.73 Å². The molecule has 1 aliphatic rings. The van der Waals surface area contributed by atoms with Crippen LogP contribution in [0.2, 0.25) is 0 Å². The van der Waals surface area contributed by atoms with E-state index in [1.165, 1.54) is 36.1 Å². The Hall–Kier alpha value is -3.17. The number of carbonyl (C=O) groups excluding carboxylic acids is 1. The van der Waals surface area contributed by atoms with Gasteiger partial charge in [-0.25, -0.2) is 4.40 Å². The zero-order chi connectivity index (χ0) is 19.7. The van der Waals surface area contributed by atoms with Gasteiger partial charge < -0.3 is 10.8 Å². The Labute approximate surface area is 167 Å². The highest BCUT2D eigenvalue weighted by Crippen LogP contribution is 2.27. The quantitative estimate of drug-likeness (QED) is 0.636. The summed E-state index contributed by atoms with van der Waals surface area (Å²) in [6.07, 6.45) is 5.52. The molecule has 0 aliphatic heterocycles. The normalized spacial score (nSPS) is 15.4. The van der Waals surface area contributed by atoms with Crippen molar-refractivity contribution in [1.82, 2.24) is 13.8 Å². The van der Waals surface area contributed by atoms with Gasteiger partial charge in [0.2, 0.25) is 10.7 Å². The summed E-state index contributed by atoms with van der Waals surface area (Å²) in [7, 11) is 0. The lowest BCUT2D eigenvalue weighted by molar-refractivity contribution is -0.113. The number of carbonyl (C=O) groups is 1. The largest absolute Gasteiger partial charge is 0.504 e. The number of aliphatic hydroxyl groups excluding tert-OH is 1. The number of hydrogen-bond acceptors (Lipinski definition) is 8. The molecule has 3 aromatic rings. The molecule has 140 valence electrons. The van der Waals surface area contributed by atoms with Gasteiger partial charge >= 0.3 is 0 Å². The number of nitrogens with zero attached hydrogens (tertiary/aromatic N) is 3. The lowest BCUT2D eigenvalue weighted by Crippen LogP contribution is -2.16. The zero-order valence-electron chi connectivity index (χ0n) is 14.4. The third-order valence-electron chi connectivity index (χ3n) is 4.04. The zero-order valence-corrected chi connectivity index (χ0v) is 16.0. The molecule has 4 rings (SSSR count). The Bertz CT molecular complexity index is 1220. The number of ketones is 1. The SMILES string of the molecule is Nc1c(/C=C2/C=CC(=O)C(O)=C2)c(=O)nc2snc(SCc3ccccc3)n12.